The number of hydrogen-bond donors (Lipinski definition) is 1. The molecule has 0 fully saturated rings. The second-order valence-electron chi connectivity index (χ2n) is 5.29. The van der Waals surface area contributed by atoms with Crippen molar-refractivity contribution in [3.8, 4) is 0 Å². The summed E-state index contributed by atoms with van der Waals surface area (Å²) < 4.78 is 29.0. The lowest BCUT2D eigenvalue weighted by molar-refractivity contribution is -0.137. The Morgan fingerprint density at radius 1 is 1.12 bits per heavy atom. The summed E-state index contributed by atoms with van der Waals surface area (Å²) >= 11 is 0. The van der Waals surface area contributed by atoms with Gasteiger partial charge in [0.15, 0.2) is 0 Å². The highest BCUT2D eigenvalue weighted by Gasteiger charge is 2.36. The maximum absolute atomic E-state index is 13.2. The number of H-pyrrole nitrogens is 1. The third-order valence-corrected chi connectivity index (χ3v) is 5.70. The molecule has 0 radical (unpaired) electrons. The van der Waals surface area contributed by atoms with Crippen molar-refractivity contribution >= 4 is 30.5 Å². The van der Waals surface area contributed by atoms with E-state index in [1.54, 1.807) is 26.8 Å². The normalized spacial score (nSPS) is 12.6. The fourth-order valence-electron chi connectivity index (χ4n) is 2.59. The van der Waals surface area contributed by atoms with Crippen molar-refractivity contribution in [2.45, 2.75) is 27.7 Å². The molecule has 7 heteroatoms. The second kappa shape index (κ2) is 8.48. The molecule has 1 aromatic carbocycles. The zero-order valence-corrected chi connectivity index (χ0v) is 15.9. The van der Waals surface area contributed by atoms with Crippen molar-refractivity contribution in [1.29, 1.82) is 0 Å². The fourth-order valence-corrected chi connectivity index (χ4v) is 4.20. The van der Waals surface area contributed by atoms with Crippen molar-refractivity contribution in [3.63, 3.8) is 0 Å². The number of para-hydroxylation sites is 1. The summed E-state index contributed by atoms with van der Waals surface area (Å²) in [6.45, 7) is 7.46. The summed E-state index contributed by atoms with van der Waals surface area (Å²) in [7, 11) is -3.78. The molecule has 0 aliphatic carbocycles. The molecule has 1 N–H and O–H groups in total. The van der Waals surface area contributed by atoms with Crippen LogP contribution in [0.1, 0.15) is 32.0 Å². The first kappa shape index (κ1) is 19.4. The number of carbonyl (C=O) groups is 1. The molecular formula is C18H24NO5P. The number of nitrogens with one attached hydrogen (secondary N) is 1. The number of ether oxygens (including phenoxy) is 1. The molecule has 1 heterocycles. The third-order valence-electron chi connectivity index (χ3n) is 3.60. The summed E-state index contributed by atoms with van der Waals surface area (Å²) in [5, 5.41) is 0.826. The Bertz CT molecular complexity index is 814. The van der Waals surface area contributed by atoms with Gasteiger partial charge in [-0.1, -0.05) is 18.2 Å². The first-order valence-corrected chi connectivity index (χ1v) is 9.86. The van der Waals surface area contributed by atoms with E-state index in [-0.39, 0.29) is 25.1 Å². The number of benzene rings is 1. The second-order valence-corrected chi connectivity index (χ2v) is 7.29. The topological polar surface area (TPSA) is 77.6 Å². The predicted octanol–water partition coefficient (Wildman–Crippen LogP) is 4.65. The van der Waals surface area contributed by atoms with Crippen molar-refractivity contribution < 1.29 is 23.1 Å². The van der Waals surface area contributed by atoms with E-state index in [1.165, 1.54) is 0 Å². The molecular weight excluding hydrogens is 341 g/mol. The Kier molecular flexibility index (Phi) is 6.59. The van der Waals surface area contributed by atoms with E-state index in [1.807, 2.05) is 31.2 Å². The number of fused-ring (bicyclic) bond motifs is 1. The summed E-state index contributed by atoms with van der Waals surface area (Å²) in [6.07, 6.45) is 1.55. The molecule has 1 aromatic heterocycles. The van der Waals surface area contributed by atoms with Gasteiger partial charge in [-0.25, -0.2) is 4.79 Å². The minimum Gasteiger partial charge on any atom is -0.462 e. The van der Waals surface area contributed by atoms with Crippen LogP contribution in [0.4, 0.5) is 0 Å². The van der Waals surface area contributed by atoms with Crippen molar-refractivity contribution in [2.24, 2.45) is 0 Å². The van der Waals surface area contributed by atoms with E-state index in [0.717, 1.165) is 22.2 Å². The number of carbonyl (C=O) groups excluding carboxylic acids is 1. The van der Waals surface area contributed by atoms with Gasteiger partial charge in [-0.05, 0) is 39.8 Å². The van der Waals surface area contributed by atoms with Crippen LogP contribution in [0.2, 0.25) is 0 Å². The lowest BCUT2D eigenvalue weighted by atomic mass is 10.1. The van der Waals surface area contributed by atoms with Crippen molar-refractivity contribution in [1.82, 2.24) is 4.98 Å². The van der Waals surface area contributed by atoms with Crippen LogP contribution in [-0.4, -0.2) is 30.8 Å². The molecule has 136 valence electrons. The number of esters is 1. The Hall–Kier alpha value is -1.88. The number of aryl methyl sites for hydroxylation is 1. The van der Waals surface area contributed by atoms with E-state index in [9.17, 15) is 9.36 Å². The fraction of sp³-hybridized carbons (Fsp3) is 0.389. The lowest BCUT2D eigenvalue weighted by Crippen LogP contribution is -2.11. The molecule has 2 aromatic rings. The van der Waals surface area contributed by atoms with E-state index in [2.05, 4.69) is 4.98 Å². The molecule has 0 bridgehead atoms. The smallest absolute Gasteiger partial charge is 0.368 e. The van der Waals surface area contributed by atoms with E-state index >= 15 is 0 Å². The highest BCUT2D eigenvalue weighted by Crippen LogP contribution is 2.57. The predicted molar refractivity (Wildman–Crippen MR) is 98.5 cm³/mol. The van der Waals surface area contributed by atoms with Gasteiger partial charge in [0.25, 0.3) is 0 Å². The molecule has 0 aliphatic rings. The monoisotopic (exact) mass is 365 g/mol. The summed E-state index contributed by atoms with van der Waals surface area (Å²) in [4.78, 5) is 15.7. The molecule has 2 rings (SSSR count). The van der Waals surface area contributed by atoms with E-state index < -0.39 is 13.6 Å². The first-order valence-electron chi connectivity index (χ1n) is 8.32. The van der Waals surface area contributed by atoms with Gasteiger partial charge in [-0.3, -0.25) is 4.57 Å². The first-order chi connectivity index (χ1) is 12.0. The molecule has 25 heavy (non-hydrogen) atoms. The van der Waals surface area contributed by atoms with Crippen LogP contribution in [0.5, 0.6) is 0 Å². The van der Waals surface area contributed by atoms with Gasteiger partial charge < -0.3 is 18.8 Å². The average molecular weight is 365 g/mol. The molecule has 0 saturated carbocycles. The zero-order valence-electron chi connectivity index (χ0n) is 15.0. The Morgan fingerprint density at radius 2 is 1.76 bits per heavy atom. The van der Waals surface area contributed by atoms with Crippen LogP contribution >= 0.6 is 7.60 Å². The van der Waals surface area contributed by atoms with Crippen LogP contribution in [0, 0.1) is 6.92 Å². The Balaban J connectivity index is 2.65. The SMILES string of the molecule is CCOC(=O)/C(=C/c1c(C)[nH]c2ccccc12)P(=O)(OCC)OCC. The van der Waals surface area contributed by atoms with Gasteiger partial charge in [0.1, 0.15) is 5.31 Å². The molecule has 0 saturated heterocycles. The van der Waals surface area contributed by atoms with Crippen LogP contribution in [0.25, 0.3) is 17.0 Å². The zero-order chi connectivity index (χ0) is 18.4. The third kappa shape index (κ3) is 4.21. The summed E-state index contributed by atoms with van der Waals surface area (Å²) in [6, 6.07) is 7.69. The van der Waals surface area contributed by atoms with Gasteiger partial charge in [0.05, 0.1) is 19.8 Å². The Morgan fingerprint density at radius 3 is 2.36 bits per heavy atom. The number of aromatic nitrogens is 1. The lowest BCUT2D eigenvalue weighted by Gasteiger charge is -2.19. The van der Waals surface area contributed by atoms with E-state index in [4.69, 9.17) is 13.8 Å². The van der Waals surface area contributed by atoms with Crippen molar-refractivity contribution in [2.75, 3.05) is 19.8 Å². The summed E-state index contributed by atoms with van der Waals surface area (Å²) in [5.74, 6) is -0.697. The van der Waals surface area contributed by atoms with Crippen LogP contribution in [0.3, 0.4) is 0 Å². The van der Waals surface area contributed by atoms with Crippen LogP contribution < -0.4 is 0 Å². The molecule has 0 atom stereocenters. The number of rotatable bonds is 8. The van der Waals surface area contributed by atoms with Gasteiger partial charge in [-0.2, -0.15) is 0 Å². The molecule has 0 unspecified atom stereocenters. The maximum atomic E-state index is 13.2. The van der Waals surface area contributed by atoms with Gasteiger partial charge in [0, 0.05) is 22.2 Å². The van der Waals surface area contributed by atoms with Crippen LogP contribution in [-0.2, 0) is 23.1 Å². The number of aromatic amines is 1. The van der Waals surface area contributed by atoms with Gasteiger partial charge in [0.2, 0.25) is 0 Å². The molecule has 0 spiro atoms. The average Bonchev–Trinajstić information content (AvgIpc) is 2.88. The minimum absolute atomic E-state index is 0.0918. The Labute approximate surface area is 147 Å². The molecule has 0 aliphatic heterocycles. The van der Waals surface area contributed by atoms with Crippen molar-refractivity contribution in [3.05, 3.63) is 40.8 Å². The van der Waals surface area contributed by atoms with Gasteiger partial charge >= 0.3 is 13.6 Å². The van der Waals surface area contributed by atoms with Gasteiger partial charge in [-0.15, -0.1) is 0 Å². The minimum atomic E-state index is -3.78. The maximum Gasteiger partial charge on any atom is 0.368 e. The molecule has 6 nitrogen and oxygen atoms in total. The number of hydrogen-bond acceptors (Lipinski definition) is 5. The highest BCUT2D eigenvalue weighted by atomic mass is 31.2. The quantitative estimate of drug-likeness (QED) is 0.419. The van der Waals surface area contributed by atoms with E-state index in [0.29, 0.717) is 0 Å². The largest absolute Gasteiger partial charge is 0.462 e. The standard InChI is InChI=1S/C18H24NO5P/c1-5-22-18(20)17(25(21,23-6-2)24-7-3)12-15-13(4)19-16-11-9-8-10-14(15)16/h8-12,19H,5-7H2,1-4H3/b17-12-. The highest BCUT2D eigenvalue weighted by molar-refractivity contribution is 7.60. The van der Waals surface area contributed by atoms with Crippen LogP contribution in [0.15, 0.2) is 29.6 Å². The summed E-state index contributed by atoms with van der Waals surface area (Å²) in [5.41, 5.74) is 2.54. The molecule has 0 amide bonds.